The van der Waals surface area contributed by atoms with Gasteiger partial charge >= 0.3 is 6.09 Å². The second kappa shape index (κ2) is 27.1. The van der Waals surface area contributed by atoms with Crippen LogP contribution in [0.15, 0.2) is 35.9 Å². The number of nitrogens with zero attached hydrogens (tertiary/aromatic N) is 2. The van der Waals surface area contributed by atoms with Crippen molar-refractivity contribution in [1.29, 1.82) is 0 Å². The monoisotopic (exact) mass is 1030 g/mol. The van der Waals surface area contributed by atoms with Gasteiger partial charge in [-0.1, -0.05) is 122 Å². The molecule has 3 heterocycles. The molecular weight excluding hydrogens is 952 g/mol. The Hall–Kier alpha value is -3.28. The molecule has 70 heavy (non-hydrogen) atoms. The molecule has 3 N–H and O–H groups in total. The van der Waals surface area contributed by atoms with Crippen molar-refractivity contribution in [3.63, 3.8) is 0 Å². The molecule has 3 aliphatic heterocycles. The van der Waals surface area contributed by atoms with Crippen LogP contribution in [-0.4, -0.2) is 121 Å². The molecule has 1 aromatic rings. The maximum Gasteiger partial charge on any atom is 0.409 e. The minimum Gasteiger partial charge on any atom is -0.495 e. The van der Waals surface area contributed by atoms with Crippen LogP contribution in [0.5, 0.6) is 5.75 Å². The number of anilines is 1. The number of hydrogen-bond acceptors (Lipinski definition) is 12. The van der Waals surface area contributed by atoms with Crippen LogP contribution in [0.25, 0.3) is 0 Å². The van der Waals surface area contributed by atoms with Crippen molar-refractivity contribution in [3.8, 4) is 5.75 Å². The molecule has 0 radical (unpaired) electrons. The Morgan fingerprint density at radius 2 is 1.81 bits per heavy atom. The van der Waals surface area contributed by atoms with Crippen LogP contribution < -0.4 is 20.3 Å². The molecule has 3 unspecified atom stereocenters. The van der Waals surface area contributed by atoms with Crippen LogP contribution in [0.4, 0.5) is 10.5 Å². The van der Waals surface area contributed by atoms with Crippen molar-refractivity contribution >= 4 is 68.5 Å². The summed E-state index contributed by atoms with van der Waals surface area (Å²) in [6, 6.07) is 3.13. The number of aliphatic hydroxyl groups is 1. The first kappa shape index (κ1) is 57.6. The molecule has 1 aliphatic carbocycles. The molecule has 4 amide bonds. The van der Waals surface area contributed by atoms with Gasteiger partial charge in [0, 0.05) is 82.7 Å². The van der Waals surface area contributed by atoms with E-state index < -0.39 is 47.7 Å². The van der Waals surface area contributed by atoms with Crippen molar-refractivity contribution in [3.05, 3.63) is 46.5 Å². The Kier molecular flexibility index (Phi) is 22.3. The first-order valence-electron chi connectivity index (χ1n) is 25.5. The van der Waals surface area contributed by atoms with Gasteiger partial charge in [0.05, 0.1) is 30.5 Å². The number of hydrogen-bond donors (Lipinski definition) is 3. The molecule has 0 aromatic heterocycles. The molecule has 14 nitrogen and oxygen atoms in total. The highest BCUT2D eigenvalue weighted by molar-refractivity contribution is 8.76. The SMILES string of the molecule is CCCC1CCCCCCCC(NC(=O)CCC(C)SSCCC(=O)N(C)[C@@H](C)C(=O)C[C@H]2CC(=O)N(C)c3cc(cc(OC)c3Cl)C/C(C)=C/C=C/[C@@H](OC)[C@@]3(O)C[C@@H](C[C@@H]4O[C@@]24C)OC(=O)N3)C1. The van der Waals surface area contributed by atoms with Gasteiger partial charge in [0.1, 0.15) is 23.0 Å². The lowest BCUT2D eigenvalue weighted by molar-refractivity contribution is -0.138. The number of fused-ring (bicyclic) bond motifs is 5. The second-order valence-electron chi connectivity index (χ2n) is 20.4. The third-order valence-electron chi connectivity index (χ3n) is 14.9. The normalized spacial score (nSPS) is 30.0. The zero-order valence-electron chi connectivity index (χ0n) is 43.2. The van der Waals surface area contributed by atoms with Gasteiger partial charge in [-0.15, -0.1) is 0 Å². The lowest BCUT2D eigenvalue weighted by Crippen LogP contribution is -2.62. The molecule has 10 atom stereocenters. The summed E-state index contributed by atoms with van der Waals surface area (Å²) in [5.41, 5.74) is -0.561. The molecule has 1 aromatic carbocycles. The molecule has 4 aliphatic rings. The van der Waals surface area contributed by atoms with Crippen LogP contribution in [0.2, 0.25) is 5.02 Å². The summed E-state index contributed by atoms with van der Waals surface area (Å²) < 4.78 is 23.3. The van der Waals surface area contributed by atoms with E-state index in [1.807, 2.05) is 32.1 Å². The van der Waals surface area contributed by atoms with Crippen LogP contribution >= 0.6 is 33.2 Å². The Bertz CT molecular complexity index is 2020. The van der Waals surface area contributed by atoms with Crippen molar-refractivity contribution in [2.24, 2.45) is 11.8 Å². The summed E-state index contributed by atoms with van der Waals surface area (Å²) in [6.45, 7) is 9.86. The van der Waals surface area contributed by atoms with Crippen LogP contribution in [0.3, 0.4) is 0 Å². The van der Waals surface area contributed by atoms with Gasteiger partial charge in [0.25, 0.3) is 0 Å². The molecule has 1 saturated carbocycles. The van der Waals surface area contributed by atoms with Gasteiger partial charge in [-0.05, 0) is 70.1 Å². The number of amides is 4. The first-order valence-corrected chi connectivity index (χ1v) is 28.3. The number of alkyl carbamates (subject to hydrolysis) is 1. The zero-order chi connectivity index (χ0) is 51.2. The molecule has 0 spiro atoms. The molecule has 3 fully saturated rings. The van der Waals surface area contributed by atoms with Crippen molar-refractivity contribution < 1.29 is 48.0 Å². The highest BCUT2D eigenvalue weighted by atomic mass is 35.5. The van der Waals surface area contributed by atoms with E-state index in [0.717, 1.165) is 30.4 Å². The maximum absolute atomic E-state index is 14.4. The van der Waals surface area contributed by atoms with E-state index in [1.54, 1.807) is 54.8 Å². The number of nitrogens with one attached hydrogen (secondary N) is 2. The Morgan fingerprint density at radius 3 is 2.53 bits per heavy atom. The number of rotatable bonds is 17. The van der Waals surface area contributed by atoms with Crippen molar-refractivity contribution in [1.82, 2.24) is 15.5 Å². The number of likely N-dealkylation sites (N-methyl/N-ethyl adjacent to an activating group) is 1. The second-order valence-corrected chi connectivity index (χ2v) is 23.7. The minimum atomic E-state index is -1.79. The van der Waals surface area contributed by atoms with E-state index in [4.69, 9.17) is 30.5 Å². The minimum absolute atomic E-state index is 0.00757. The van der Waals surface area contributed by atoms with Gasteiger partial charge in [0.2, 0.25) is 17.7 Å². The zero-order valence-corrected chi connectivity index (χ0v) is 45.5. The summed E-state index contributed by atoms with van der Waals surface area (Å²) in [5, 5.41) is 18.2. The third-order valence-corrected chi connectivity index (χ3v) is 18.2. The van der Waals surface area contributed by atoms with Gasteiger partial charge in [-0.2, -0.15) is 0 Å². The number of methoxy groups -OCH3 is 2. The van der Waals surface area contributed by atoms with E-state index in [1.165, 1.54) is 75.4 Å². The summed E-state index contributed by atoms with van der Waals surface area (Å²) in [6.07, 6.45) is 16.4. The van der Waals surface area contributed by atoms with Gasteiger partial charge < -0.3 is 39.2 Å². The summed E-state index contributed by atoms with van der Waals surface area (Å²) >= 11 is 6.85. The van der Waals surface area contributed by atoms with E-state index in [-0.39, 0.29) is 71.9 Å². The predicted molar refractivity (Wildman–Crippen MR) is 280 cm³/mol. The fourth-order valence-electron chi connectivity index (χ4n) is 10.3. The highest BCUT2D eigenvalue weighted by Gasteiger charge is 2.60. The summed E-state index contributed by atoms with van der Waals surface area (Å²) in [5.74, 6) is 0.403. The number of epoxide rings is 1. The molecular formula is C53H81ClN4O10S2. The number of Topliss-reactive ketones (excluding diaryl/α,β-unsaturated/α-hetero) is 1. The fourth-order valence-corrected chi connectivity index (χ4v) is 12.9. The van der Waals surface area contributed by atoms with Crippen LogP contribution in [-0.2, 0) is 39.8 Å². The predicted octanol–water partition coefficient (Wildman–Crippen LogP) is 9.91. The number of carbonyl (C=O) groups excluding carboxylic acids is 5. The standard InChI is InChI=1S/C53H81ClN4O10S2/c1-10-17-37-19-14-12-11-13-15-20-40(27-37)55-47(60)23-22-35(3)70-69-25-24-48(61)57(6)36(4)43(59)30-39-31-49(62)58(7)42-28-38(29-44(65-8)50(42)54)26-34(2)18-16-21-45(66-9)53(64)33-41(67-51(63)56-53)32-46-52(39,5)68-46/h16,18,21,28-29,35-37,39-41,45-46,64H,10-15,17,19-20,22-27,30-33H2,1-9H3,(H,55,60)(H,56,63)/b21-16+,34-18+/t35?,36-,37?,39-,40?,41+,45+,46-,52-,53-/m0/s1. The molecule has 5 rings (SSSR count). The number of carbonyl (C=O) groups is 5. The maximum atomic E-state index is 14.4. The molecule has 392 valence electrons. The average Bonchev–Trinajstić information content (AvgIpc) is 3.98. The number of ether oxygens (including phenoxy) is 4. The Labute approximate surface area is 430 Å². The van der Waals surface area contributed by atoms with E-state index >= 15 is 0 Å². The summed E-state index contributed by atoms with van der Waals surface area (Å²) in [7, 11) is 9.51. The number of benzene rings is 1. The van der Waals surface area contributed by atoms with Gasteiger partial charge in [-0.3, -0.25) is 24.5 Å². The summed E-state index contributed by atoms with van der Waals surface area (Å²) in [4.78, 5) is 71.1. The Morgan fingerprint density at radius 1 is 1.09 bits per heavy atom. The molecule has 4 bridgehead atoms. The Balaban J connectivity index is 1.21. The first-order chi connectivity index (χ1) is 33.3. The van der Waals surface area contributed by atoms with Crippen molar-refractivity contribution in [2.75, 3.05) is 39.0 Å². The lowest BCUT2D eigenvalue weighted by atomic mass is 9.80. The van der Waals surface area contributed by atoms with Crippen molar-refractivity contribution in [2.45, 2.75) is 197 Å². The quantitative estimate of drug-likeness (QED) is 0.0766. The fraction of sp³-hybridized carbons (Fsp3) is 0.717. The lowest BCUT2D eigenvalue weighted by Gasteiger charge is -2.40. The van der Waals surface area contributed by atoms with Gasteiger partial charge in [-0.25, -0.2) is 4.79 Å². The highest BCUT2D eigenvalue weighted by Crippen LogP contribution is 2.50. The number of ketones is 1. The number of halogens is 1. The largest absolute Gasteiger partial charge is 0.495 e. The molecule has 17 heteroatoms. The van der Waals surface area contributed by atoms with Gasteiger partial charge in [0.15, 0.2) is 11.5 Å². The van der Waals surface area contributed by atoms with Crippen LogP contribution in [0.1, 0.15) is 149 Å². The van der Waals surface area contributed by atoms with E-state index in [2.05, 4.69) is 24.5 Å². The molecule has 2 saturated heterocycles. The van der Waals surface area contributed by atoms with E-state index in [0.29, 0.717) is 35.9 Å². The van der Waals surface area contributed by atoms with E-state index in [9.17, 15) is 29.1 Å². The third kappa shape index (κ3) is 16.4. The number of allylic oxidation sites excluding steroid dienone is 3. The topological polar surface area (TPSA) is 176 Å². The smallest absolute Gasteiger partial charge is 0.409 e. The average molecular weight is 1030 g/mol. The van der Waals surface area contributed by atoms with Crippen LogP contribution in [0, 0.1) is 11.8 Å².